The van der Waals surface area contributed by atoms with Gasteiger partial charge in [0.15, 0.2) is 0 Å². The van der Waals surface area contributed by atoms with Gasteiger partial charge in [-0.2, -0.15) is 0 Å². The molecule has 1 saturated heterocycles. The zero-order valence-corrected chi connectivity index (χ0v) is 18.2. The quantitative estimate of drug-likeness (QED) is 0.257. The fraction of sp³-hybridized carbons (Fsp3) is 0.435. The highest BCUT2D eigenvalue weighted by Crippen LogP contribution is 2.34. The van der Waals surface area contributed by atoms with Gasteiger partial charge >= 0.3 is 0 Å². The van der Waals surface area contributed by atoms with Crippen LogP contribution in [0.15, 0.2) is 54.2 Å². The molecule has 1 aliphatic rings. The van der Waals surface area contributed by atoms with Crippen molar-refractivity contribution in [2.45, 2.75) is 45.3 Å². The van der Waals surface area contributed by atoms with Crippen LogP contribution in [0.2, 0.25) is 0 Å². The number of nitrogens with zero attached hydrogens (tertiary/aromatic N) is 2. The highest BCUT2D eigenvalue weighted by Gasteiger charge is 2.22. The topological polar surface area (TPSA) is 50.8 Å². The molecule has 0 bridgehead atoms. The van der Waals surface area contributed by atoms with Crippen LogP contribution in [0.1, 0.15) is 44.6 Å². The number of aliphatic imine (C=N–C) groups is 1. The Kier molecular flexibility index (Phi) is 8.87. The number of hydrogen-bond donors (Lipinski definition) is 1. The molecule has 1 heterocycles. The van der Waals surface area contributed by atoms with Gasteiger partial charge < -0.3 is 15.4 Å². The van der Waals surface area contributed by atoms with Crippen molar-refractivity contribution in [3.8, 4) is 0 Å². The first kappa shape index (κ1) is 22.3. The van der Waals surface area contributed by atoms with E-state index in [4.69, 9.17) is 10.5 Å². The summed E-state index contributed by atoms with van der Waals surface area (Å²) in [6, 6.07) is 5.92. The van der Waals surface area contributed by atoms with E-state index in [1.807, 2.05) is 30.5 Å². The summed E-state index contributed by atoms with van der Waals surface area (Å²) in [5.41, 5.74) is 10.5. The summed E-state index contributed by atoms with van der Waals surface area (Å²) >= 11 is 1.68. The van der Waals surface area contributed by atoms with Crippen LogP contribution in [0.25, 0.3) is 5.57 Å². The Morgan fingerprint density at radius 3 is 2.82 bits per heavy atom. The van der Waals surface area contributed by atoms with Crippen molar-refractivity contribution in [2.24, 2.45) is 4.99 Å². The molecule has 1 aromatic rings. The average Bonchev–Trinajstić information content (AvgIpc) is 2.72. The third kappa shape index (κ3) is 6.01. The lowest BCUT2D eigenvalue weighted by molar-refractivity contribution is 0.0174. The van der Waals surface area contributed by atoms with Gasteiger partial charge in [0.25, 0.3) is 0 Å². The predicted molar refractivity (Wildman–Crippen MR) is 126 cm³/mol. The largest absolute Gasteiger partial charge is 0.399 e. The van der Waals surface area contributed by atoms with Crippen LogP contribution >= 0.6 is 11.8 Å². The number of rotatable bonds is 8. The zero-order chi connectivity index (χ0) is 20.5. The normalized spacial score (nSPS) is 17.7. The SMILES string of the molecule is C=C(/C=C\N=C(CCC)SC)C(=C)c1cc(N)ccc1N(C)C1CCCCO1. The molecule has 28 heavy (non-hydrogen) atoms. The standard InChI is InChI=1S/C23H33N3OS/c1-6-9-22(28-5)25-14-13-17(2)18(3)20-16-19(24)11-12-21(20)26(4)23-10-7-8-15-27-23/h11-14,16,23H,2-3,6-10,15,24H2,1,4-5H3/b14-13-,25-22?. The van der Waals surface area contributed by atoms with Crippen LogP contribution in [0.5, 0.6) is 0 Å². The second-order valence-electron chi connectivity index (χ2n) is 7.01. The van der Waals surface area contributed by atoms with Gasteiger partial charge in [-0.1, -0.05) is 26.5 Å². The minimum atomic E-state index is 0.0792. The van der Waals surface area contributed by atoms with Crippen molar-refractivity contribution in [1.82, 2.24) is 0 Å². The molecule has 4 nitrogen and oxygen atoms in total. The van der Waals surface area contributed by atoms with E-state index in [-0.39, 0.29) is 6.23 Å². The molecule has 2 rings (SSSR count). The van der Waals surface area contributed by atoms with Crippen molar-refractivity contribution < 1.29 is 4.74 Å². The fourth-order valence-electron chi connectivity index (χ4n) is 3.20. The number of allylic oxidation sites excluding steroid dienone is 3. The fourth-order valence-corrected chi connectivity index (χ4v) is 3.78. The second kappa shape index (κ2) is 11.1. The number of thioether (sulfide) groups is 1. The molecule has 0 spiro atoms. The van der Waals surface area contributed by atoms with Crippen molar-refractivity contribution in [1.29, 1.82) is 0 Å². The first-order valence-corrected chi connectivity index (χ1v) is 11.1. The van der Waals surface area contributed by atoms with E-state index >= 15 is 0 Å². The van der Waals surface area contributed by atoms with Crippen LogP contribution < -0.4 is 10.6 Å². The van der Waals surface area contributed by atoms with Gasteiger partial charge in [-0.3, -0.25) is 4.99 Å². The molecule has 0 saturated carbocycles. The summed E-state index contributed by atoms with van der Waals surface area (Å²) < 4.78 is 5.95. The average molecular weight is 400 g/mol. The van der Waals surface area contributed by atoms with Crippen molar-refractivity contribution in [2.75, 3.05) is 30.5 Å². The minimum absolute atomic E-state index is 0.0792. The summed E-state index contributed by atoms with van der Waals surface area (Å²) in [6.45, 7) is 11.4. The molecular formula is C23H33N3OS. The van der Waals surface area contributed by atoms with Gasteiger partial charge in [-0.05, 0) is 67.4 Å². The first-order chi connectivity index (χ1) is 13.5. The Bertz CT molecular complexity index is 748. The molecule has 1 atom stereocenters. The molecule has 0 aliphatic carbocycles. The van der Waals surface area contributed by atoms with E-state index < -0.39 is 0 Å². The van der Waals surface area contributed by atoms with Crippen LogP contribution in [-0.2, 0) is 4.74 Å². The second-order valence-corrected chi connectivity index (χ2v) is 7.88. The Morgan fingerprint density at radius 2 is 2.18 bits per heavy atom. The van der Waals surface area contributed by atoms with E-state index in [1.165, 1.54) is 6.42 Å². The molecule has 1 unspecified atom stereocenters. The third-order valence-corrected chi connectivity index (χ3v) is 5.68. The van der Waals surface area contributed by atoms with Crippen LogP contribution in [0.3, 0.4) is 0 Å². The Morgan fingerprint density at radius 1 is 1.39 bits per heavy atom. The number of benzene rings is 1. The lowest BCUT2D eigenvalue weighted by Crippen LogP contribution is -2.37. The van der Waals surface area contributed by atoms with E-state index in [1.54, 1.807) is 11.8 Å². The Hall–Kier alpha value is -1.98. The van der Waals surface area contributed by atoms with E-state index in [2.05, 4.69) is 43.3 Å². The van der Waals surface area contributed by atoms with E-state index in [0.717, 1.165) is 59.7 Å². The van der Waals surface area contributed by atoms with Gasteiger partial charge in [0, 0.05) is 36.8 Å². The minimum Gasteiger partial charge on any atom is -0.399 e. The number of nitrogens with two attached hydrogens (primary N) is 1. The van der Waals surface area contributed by atoms with Gasteiger partial charge in [-0.25, -0.2) is 0 Å². The predicted octanol–water partition coefficient (Wildman–Crippen LogP) is 5.88. The number of nitrogen functional groups attached to an aromatic ring is 1. The van der Waals surface area contributed by atoms with Crippen molar-refractivity contribution in [3.05, 3.63) is 54.8 Å². The maximum atomic E-state index is 6.07. The van der Waals surface area contributed by atoms with E-state index in [0.29, 0.717) is 5.69 Å². The number of anilines is 2. The highest BCUT2D eigenvalue weighted by atomic mass is 32.2. The molecule has 152 valence electrons. The van der Waals surface area contributed by atoms with Crippen LogP contribution in [-0.4, -0.2) is 31.2 Å². The van der Waals surface area contributed by atoms with Gasteiger partial charge in [-0.15, -0.1) is 11.8 Å². The monoisotopic (exact) mass is 399 g/mol. The summed E-state index contributed by atoms with van der Waals surface area (Å²) in [5.74, 6) is 0. The molecule has 0 amide bonds. The van der Waals surface area contributed by atoms with Gasteiger partial charge in [0.1, 0.15) is 6.23 Å². The number of ether oxygens (including phenoxy) is 1. The molecule has 1 aromatic carbocycles. The molecule has 0 radical (unpaired) electrons. The van der Waals surface area contributed by atoms with Crippen LogP contribution in [0, 0.1) is 0 Å². The highest BCUT2D eigenvalue weighted by molar-refractivity contribution is 8.13. The molecule has 1 fully saturated rings. The lowest BCUT2D eigenvalue weighted by Gasteiger charge is -2.34. The molecular weight excluding hydrogens is 366 g/mol. The molecule has 2 N–H and O–H groups in total. The van der Waals surface area contributed by atoms with Crippen molar-refractivity contribution in [3.63, 3.8) is 0 Å². The molecule has 0 aromatic heterocycles. The summed E-state index contributed by atoms with van der Waals surface area (Å²) in [6.07, 6.45) is 11.3. The third-order valence-electron chi connectivity index (χ3n) is 4.89. The molecule has 1 aliphatic heterocycles. The summed E-state index contributed by atoms with van der Waals surface area (Å²) in [5, 5.41) is 1.12. The Labute approximate surface area is 174 Å². The maximum Gasteiger partial charge on any atom is 0.129 e. The van der Waals surface area contributed by atoms with E-state index in [9.17, 15) is 0 Å². The first-order valence-electron chi connectivity index (χ1n) is 9.87. The lowest BCUT2D eigenvalue weighted by atomic mass is 9.97. The summed E-state index contributed by atoms with van der Waals surface area (Å²) in [4.78, 5) is 6.72. The molecule has 5 heteroatoms. The number of hydrogen-bond acceptors (Lipinski definition) is 5. The van der Waals surface area contributed by atoms with Crippen LogP contribution in [0.4, 0.5) is 11.4 Å². The zero-order valence-electron chi connectivity index (χ0n) is 17.4. The maximum absolute atomic E-state index is 6.07. The van der Waals surface area contributed by atoms with Crippen molar-refractivity contribution >= 4 is 33.8 Å². The van der Waals surface area contributed by atoms with Gasteiger partial charge in [0.05, 0.1) is 5.04 Å². The smallest absolute Gasteiger partial charge is 0.129 e. The summed E-state index contributed by atoms with van der Waals surface area (Å²) in [7, 11) is 2.07. The van der Waals surface area contributed by atoms with Gasteiger partial charge in [0.2, 0.25) is 0 Å². The Balaban J connectivity index is 2.21.